The van der Waals surface area contributed by atoms with Crippen LogP contribution in [0.5, 0.6) is 0 Å². The van der Waals surface area contributed by atoms with Crippen LogP contribution in [0.1, 0.15) is 37.8 Å². The maximum Gasteiger partial charge on any atom is 0.0522 e. The molecule has 0 bridgehead atoms. The van der Waals surface area contributed by atoms with Crippen LogP contribution < -0.4 is 5.32 Å². The van der Waals surface area contributed by atoms with Gasteiger partial charge in [0.2, 0.25) is 0 Å². The Labute approximate surface area is 110 Å². The predicted octanol–water partition coefficient (Wildman–Crippen LogP) is 2.50. The van der Waals surface area contributed by atoms with Gasteiger partial charge in [0.15, 0.2) is 0 Å². The van der Waals surface area contributed by atoms with Crippen molar-refractivity contribution in [2.75, 3.05) is 19.7 Å². The molecule has 18 heavy (non-hydrogen) atoms. The van der Waals surface area contributed by atoms with E-state index in [9.17, 15) is 5.11 Å². The van der Waals surface area contributed by atoms with Gasteiger partial charge in [0.1, 0.15) is 0 Å². The lowest BCUT2D eigenvalue weighted by molar-refractivity contribution is 0.218. The summed E-state index contributed by atoms with van der Waals surface area (Å²) in [6.07, 6.45) is 3.75. The number of piperidine rings is 1. The van der Waals surface area contributed by atoms with Crippen molar-refractivity contribution < 1.29 is 5.11 Å². The molecular formula is C16H25NO. The molecule has 2 N–H and O–H groups in total. The van der Waals surface area contributed by atoms with Gasteiger partial charge in [-0.25, -0.2) is 0 Å². The first-order valence-electron chi connectivity index (χ1n) is 7.03. The predicted molar refractivity (Wildman–Crippen MR) is 75.9 cm³/mol. The molecule has 0 atom stereocenters. The number of rotatable bonds is 4. The molecule has 1 heterocycles. The van der Waals surface area contributed by atoms with Crippen LogP contribution in [-0.4, -0.2) is 24.8 Å². The zero-order valence-corrected chi connectivity index (χ0v) is 11.6. The van der Waals surface area contributed by atoms with Crippen molar-refractivity contribution in [1.82, 2.24) is 5.32 Å². The summed E-state index contributed by atoms with van der Waals surface area (Å²) in [5.74, 6) is 0.818. The summed E-state index contributed by atoms with van der Waals surface area (Å²) >= 11 is 0. The van der Waals surface area contributed by atoms with Crippen molar-refractivity contribution >= 4 is 0 Å². The Morgan fingerprint density at radius 1 is 1.28 bits per heavy atom. The highest BCUT2D eigenvalue weighted by Crippen LogP contribution is 2.25. The van der Waals surface area contributed by atoms with E-state index in [0.29, 0.717) is 0 Å². The van der Waals surface area contributed by atoms with Gasteiger partial charge in [-0.1, -0.05) is 38.1 Å². The minimum atomic E-state index is -0.135. The fourth-order valence-electron chi connectivity index (χ4n) is 2.63. The van der Waals surface area contributed by atoms with E-state index >= 15 is 0 Å². The van der Waals surface area contributed by atoms with Gasteiger partial charge >= 0.3 is 0 Å². The smallest absolute Gasteiger partial charge is 0.0522 e. The Morgan fingerprint density at radius 2 is 2.00 bits per heavy atom. The van der Waals surface area contributed by atoms with Crippen LogP contribution in [0.25, 0.3) is 0 Å². The second-order valence-corrected chi connectivity index (χ2v) is 6.14. The average Bonchev–Trinajstić information content (AvgIpc) is 2.40. The van der Waals surface area contributed by atoms with Crippen molar-refractivity contribution in [1.29, 1.82) is 0 Å². The monoisotopic (exact) mass is 247 g/mol. The number of aliphatic hydroxyl groups excluding tert-OH is 1. The number of hydrogen-bond donors (Lipinski definition) is 2. The second kappa shape index (κ2) is 5.85. The molecule has 2 rings (SSSR count). The van der Waals surface area contributed by atoms with Gasteiger partial charge in [0, 0.05) is 5.41 Å². The van der Waals surface area contributed by atoms with Crippen molar-refractivity contribution in [3.8, 4) is 0 Å². The van der Waals surface area contributed by atoms with Crippen LogP contribution >= 0.6 is 0 Å². The quantitative estimate of drug-likeness (QED) is 0.857. The second-order valence-electron chi connectivity index (χ2n) is 6.14. The third-order valence-electron chi connectivity index (χ3n) is 4.09. The molecule has 2 nitrogen and oxygen atoms in total. The molecule has 100 valence electrons. The molecule has 1 saturated heterocycles. The van der Waals surface area contributed by atoms with E-state index in [0.717, 1.165) is 19.0 Å². The van der Waals surface area contributed by atoms with Crippen LogP contribution in [0.3, 0.4) is 0 Å². The van der Waals surface area contributed by atoms with E-state index in [-0.39, 0.29) is 12.0 Å². The third-order valence-corrected chi connectivity index (χ3v) is 4.09. The molecular weight excluding hydrogens is 222 g/mol. The minimum Gasteiger partial charge on any atom is -0.395 e. The third kappa shape index (κ3) is 3.33. The fraction of sp³-hybridized carbons (Fsp3) is 0.625. The van der Waals surface area contributed by atoms with Gasteiger partial charge in [0.25, 0.3) is 0 Å². The number of benzene rings is 1. The summed E-state index contributed by atoms with van der Waals surface area (Å²) in [5.41, 5.74) is 2.53. The molecule has 2 heteroatoms. The van der Waals surface area contributed by atoms with Crippen LogP contribution in [0.4, 0.5) is 0 Å². The molecule has 1 aromatic carbocycles. The maximum absolute atomic E-state index is 9.45. The Bertz CT molecular complexity index is 380. The van der Waals surface area contributed by atoms with E-state index in [4.69, 9.17) is 0 Å². The fourth-order valence-corrected chi connectivity index (χ4v) is 2.63. The van der Waals surface area contributed by atoms with E-state index in [1.54, 1.807) is 0 Å². The van der Waals surface area contributed by atoms with Gasteiger partial charge in [-0.2, -0.15) is 0 Å². The molecule has 1 aliphatic heterocycles. The van der Waals surface area contributed by atoms with Crippen molar-refractivity contribution in [3.63, 3.8) is 0 Å². The Kier molecular flexibility index (Phi) is 4.41. The van der Waals surface area contributed by atoms with E-state index in [1.165, 1.54) is 30.4 Å². The van der Waals surface area contributed by atoms with Gasteiger partial charge in [-0.3, -0.25) is 0 Å². The molecule has 1 aliphatic rings. The van der Waals surface area contributed by atoms with Crippen molar-refractivity contribution in [3.05, 3.63) is 35.4 Å². The molecule has 0 saturated carbocycles. The molecule has 0 unspecified atom stereocenters. The first kappa shape index (κ1) is 13.6. The van der Waals surface area contributed by atoms with E-state index in [2.05, 4.69) is 43.4 Å². The maximum atomic E-state index is 9.45. The lowest BCUT2D eigenvalue weighted by Gasteiger charge is -2.25. The normalized spacial score (nSPS) is 17.9. The highest BCUT2D eigenvalue weighted by Gasteiger charge is 2.20. The Balaban J connectivity index is 2.07. The summed E-state index contributed by atoms with van der Waals surface area (Å²) in [4.78, 5) is 0. The topological polar surface area (TPSA) is 32.3 Å². The molecule has 1 aromatic rings. The average molecular weight is 247 g/mol. The largest absolute Gasteiger partial charge is 0.395 e. The molecule has 0 aromatic heterocycles. The highest BCUT2D eigenvalue weighted by atomic mass is 16.3. The molecule has 0 spiro atoms. The summed E-state index contributed by atoms with van der Waals surface area (Å²) in [6, 6.07) is 8.75. The minimum absolute atomic E-state index is 0.135. The number of aliphatic hydroxyl groups is 1. The van der Waals surface area contributed by atoms with Crippen LogP contribution in [0.15, 0.2) is 24.3 Å². The summed E-state index contributed by atoms with van der Waals surface area (Å²) in [5, 5.41) is 12.9. The Morgan fingerprint density at radius 3 is 2.67 bits per heavy atom. The number of hydrogen-bond acceptors (Lipinski definition) is 2. The standard InChI is InChI=1S/C16H25NO/c1-16(2,12-18)15-5-3-4-14(11-15)10-13-6-8-17-9-7-13/h3-5,11,13,17-18H,6-10,12H2,1-2H3. The van der Waals surface area contributed by atoms with Crippen LogP contribution in [-0.2, 0) is 11.8 Å². The molecule has 1 fully saturated rings. The van der Waals surface area contributed by atoms with Gasteiger partial charge in [0.05, 0.1) is 6.61 Å². The van der Waals surface area contributed by atoms with E-state index < -0.39 is 0 Å². The van der Waals surface area contributed by atoms with Gasteiger partial charge < -0.3 is 10.4 Å². The zero-order chi connectivity index (χ0) is 13.0. The lowest BCUT2D eigenvalue weighted by Crippen LogP contribution is -2.28. The van der Waals surface area contributed by atoms with Gasteiger partial charge in [-0.15, -0.1) is 0 Å². The highest BCUT2D eigenvalue weighted by molar-refractivity contribution is 5.29. The summed E-state index contributed by atoms with van der Waals surface area (Å²) in [7, 11) is 0. The van der Waals surface area contributed by atoms with Crippen LogP contribution in [0, 0.1) is 5.92 Å². The first-order valence-corrected chi connectivity index (χ1v) is 7.03. The van der Waals surface area contributed by atoms with Crippen molar-refractivity contribution in [2.24, 2.45) is 5.92 Å². The first-order chi connectivity index (χ1) is 8.62. The molecule has 0 amide bonds. The van der Waals surface area contributed by atoms with E-state index in [1.807, 2.05) is 0 Å². The number of nitrogens with one attached hydrogen (secondary N) is 1. The lowest BCUT2D eigenvalue weighted by atomic mass is 9.83. The van der Waals surface area contributed by atoms with Gasteiger partial charge in [-0.05, 0) is 49.4 Å². The summed E-state index contributed by atoms with van der Waals surface area (Å²) in [6.45, 7) is 6.70. The Hall–Kier alpha value is -0.860. The molecule has 0 radical (unpaired) electrons. The van der Waals surface area contributed by atoms with Crippen molar-refractivity contribution in [2.45, 2.75) is 38.5 Å². The SMILES string of the molecule is CC(C)(CO)c1cccc(CC2CCNCC2)c1. The van der Waals surface area contributed by atoms with Crippen LogP contribution in [0.2, 0.25) is 0 Å². The molecule has 0 aliphatic carbocycles. The zero-order valence-electron chi connectivity index (χ0n) is 11.6. The summed E-state index contributed by atoms with van der Waals surface area (Å²) < 4.78 is 0.